The number of aromatic nitrogens is 2. The van der Waals surface area contributed by atoms with E-state index in [1.807, 2.05) is 32.9 Å². The smallest absolute Gasteiger partial charge is 0.298 e. The zero-order valence-corrected chi connectivity index (χ0v) is 27.8. The fraction of sp³-hybridized carbons (Fsp3) is 0.543. The maximum atomic E-state index is 14.4. The second-order valence-electron chi connectivity index (χ2n) is 11.0. The zero-order valence-electron chi connectivity index (χ0n) is 27.8. The Labute approximate surface area is 275 Å². The number of carbonyl (C=O) groups excluding carboxylic acids is 1. The quantitative estimate of drug-likeness (QED) is 0.154. The standard InChI is InChI=1S/C33H41FN4O7.C2H6/c1-2-40-15-16-43-19-20-44-18-17-41-12-8-32(39)38-29-7-9-37(23-27(29)26-5-3-24(34)21-30(26)38)25-4-6-31-28(22-25)35-33(45-31)36-10-13-42-14-11-36;1-2/h3-6,21-22H,2,7-20,23H2,1H3;1-2H3. The molecule has 2 aromatic carbocycles. The molecule has 12 heteroatoms. The minimum Gasteiger partial charge on any atom is -0.423 e. The number of carbonyl (C=O) groups is 1. The first-order chi connectivity index (χ1) is 23.1. The molecule has 256 valence electrons. The summed E-state index contributed by atoms with van der Waals surface area (Å²) in [5.74, 6) is -0.477. The number of morpholine rings is 1. The molecule has 4 heterocycles. The highest BCUT2D eigenvalue weighted by atomic mass is 19.1. The van der Waals surface area contributed by atoms with Crippen LogP contribution in [0.3, 0.4) is 0 Å². The van der Waals surface area contributed by atoms with Gasteiger partial charge >= 0.3 is 0 Å². The highest BCUT2D eigenvalue weighted by Crippen LogP contribution is 2.35. The van der Waals surface area contributed by atoms with Gasteiger partial charge in [0.05, 0.1) is 71.4 Å². The third kappa shape index (κ3) is 8.68. The Hall–Kier alpha value is -3.55. The fourth-order valence-corrected chi connectivity index (χ4v) is 5.90. The third-order valence-electron chi connectivity index (χ3n) is 8.15. The molecule has 0 unspecified atom stereocenters. The van der Waals surface area contributed by atoms with Crippen LogP contribution in [0.2, 0.25) is 0 Å². The average molecular weight is 655 g/mol. The molecule has 4 aromatic rings. The lowest BCUT2D eigenvalue weighted by molar-refractivity contribution is -0.000623. The Morgan fingerprint density at radius 3 is 2.30 bits per heavy atom. The van der Waals surface area contributed by atoms with Gasteiger partial charge in [0.1, 0.15) is 11.3 Å². The molecule has 0 radical (unpaired) electrons. The summed E-state index contributed by atoms with van der Waals surface area (Å²) in [6.45, 7) is 13.9. The minimum atomic E-state index is -0.369. The van der Waals surface area contributed by atoms with Crippen molar-refractivity contribution in [2.45, 2.75) is 40.2 Å². The van der Waals surface area contributed by atoms with Crippen molar-refractivity contribution in [3.05, 3.63) is 53.5 Å². The average Bonchev–Trinajstić information content (AvgIpc) is 3.68. The van der Waals surface area contributed by atoms with E-state index in [1.165, 1.54) is 12.1 Å². The third-order valence-corrected chi connectivity index (χ3v) is 8.15. The molecule has 1 saturated heterocycles. The van der Waals surface area contributed by atoms with Crippen LogP contribution in [-0.2, 0) is 36.6 Å². The maximum absolute atomic E-state index is 14.4. The minimum absolute atomic E-state index is 0.108. The Morgan fingerprint density at radius 2 is 1.57 bits per heavy atom. The molecule has 2 aromatic heterocycles. The summed E-state index contributed by atoms with van der Waals surface area (Å²) < 4.78 is 49.4. The first-order valence-electron chi connectivity index (χ1n) is 16.8. The highest BCUT2D eigenvalue weighted by molar-refractivity contribution is 5.96. The number of fused-ring (bicyclic) bond motifs is 4. The summed E-state index contributed by atoms with van der Waals surface area (Å²) in [6.07, 6.45) is 0.833. The zero-order chi connectivity index (χ0) is 33.0. The Balaban J connectivity index is 0.00000213. The van der Waals surface area contributed by atoms with Crippen LogP contribution in [0.1, 0.15) is 43.2 Å². The van der Waals surface area contributed by atoms with Crippen LogP contribution in [0.5, 0.6) is 0 Å². The first kappa shape index (κ1) is 34.8. The lowest BCUT2D eigenvalue weighted by Crippen LogP contribution is -2.36. The van der Waals surface area contributed by atoms with Crippen molar-refractivity contribution >= 4 is 39.6 Å². The number of benzene rings is 2. The van der Waals surface area contributed by atoms with E-state index < -0.39 is 0 Å². The van der Waals surface area contributed by atoms with E-state index in [0.717, 1.165) is 46.5 Å². The van der Waals surface area contributed by atoms with E-state index >= 15 is 0 Å². The second-order valence-corrected chi connectivity index (χ2v) is 11.0. The van der Waals surface area contributed by atoms with Gasteiger partial charge in [0.15, 0.2) is 5.58 Å². The topological polar surface area (TPSA) is 101 Å². The van der Waals surface area contributed by atoms with Gasteiger partial charge in [-0.2, -0.15) is 4.98 Å². The van der Waals surface area contributed by atoms with Crippen molar-refractivity contribution in [1.82, 2.24) is 9.55 Å². The number of ether oxygens (including phenoxy) is 5. The maximum Gasteiger partial charge on any atom is 0.298 e. The van der Waals surface area contributed by atoms with Crippen molar-refractivity contribution in [3.8, 4) is 0 Å². The normalized spacial score (nSPS) is 14.8. The number of hydrogen-bond donors (Lipinski definition) is 0. The van der Waals surface area contributed by atoms with E-state index in [4.69, 9.17) is 33.1 Å². The Morgan fingerprint density at radius 1 is 0.872 bits per heavy atom. The Bertz CT molecular complexity index is 1580. The largest absolute Gasteiger partial charge is 0.423 e. The summed E-state index contributed by atoms with van der Waals surface area (Å²) in [5.41, 5.74) is 5.14. The lowest BCUT2D eigenvalue weighted by atomic mass is 10.0. The molecular formula is C35H47FN4O7. The van der Waals surface area contributed by atoms with Crippen molar-refractivity contribution in [2.75, 3.05) is 95.5 Å². The number of hydrogen-bond acceptors (Lipinski definition) is 10. The van der Waals surface area contributed by atoms with Crippen LogP contribution in [0.25, 0.3) is 22.0 Å². The number of nitrogens with zero attached hydrogens (tertiary/aromatic N) is 4. The highest BCUT2D eigenvalue weighted by Gasteiger charge is 2.27. The van der Waals surface area contributed by atoms with Crippen LogP contribution >= 0.6 is 0 Å². The summed E-state index contributed by atoms with van der Waals surface area (Å²) in [6, 6.07) is 11.4. The van der Waals surface area contributed by atoms with Crippen LogP contribution in [-0.4, -0.2) is 101 Å². The van der Waals surface area contributed by atoms with Crippen LogP contribution in [0, 0.1) is 5.82 Å². The van der Waals surface area contributed by atoms with Crippen molar-refractivity contribution < 1.29 is 37.3 Å². The van der Waals surface area contributed by atoms with Gasteiger partial charge in [0.25, 0.3) is 6.01 Å². The first-order valence-corrected chi connectivity index (χ1v) is 16.8. The van der Waals surface area contributed by atoms with Crippen LogP contribution in [0.15, 0.2) is 40.8 Å². The van der Waals surface area contributed by atoms with Gasteiger partial charge < -0.3 is 37.9 Å². The molecule has 6 rings (SSSR count). The SMILES string of the molecule is CC.CCOCCOCCOCCOCCC(=O)n1c2c(c3ccc(F)cc31)CN(c1ccc3oc(N4CCOCC4)nc3c1)CC2. The number of rotatable bonds is 15. The summed E-state index contributed by atoms with van der Waals surface area (Å²) in [4.78, 5) is 22.6. The molecule has 1 fully saturated rings. The lowest BCUT2D eigenvalue weighted by Gasteiger charge is -2.30. The number of anilines is 2. The molecule has 47 heavy (non-hydrogen) atoms. The molecule has 0 amide bonds. The molecule has 11 nitrogen and oxygen atoms in total. The molecule has 2 aliphatic rings. The van der Waals surface area contributed by atoms with Gasteiger partial charge in [0.2, 0.25) is 5.91 Å². The van der Waals surface area contributed by atoms with Crippen LogP contribution < -0.4 is 9.80 Å². The molecule has 0 saturated carbocycles. The van der Waals surface area contributed by atoms with Gasteiger partial charge in [-0.15, -0.1) is 0 Å². The predicted octanol–water partition coefficient (Wildman–Crippen LogP) is 5.46. The van der Waals surface area contributed by atoms with Crippen LogP contribution in [0.4, 0.5) is 16.1 Å². The van der Waals surface area contributed by atoms with E-state index in [1.54, 1.807) is 10.6 Å². The molecule has 2 aliphatic heterocycles. The monoisotopic (exact) mass is 654 g/mol. The molecule has 0 N–H and O–H groups in total. The van der Waals surface area contributed by atoms with E-state index in [-0.39, 0.29) is 24.8 Å². The molecule has 0 spiro atoms. The number of halogens is 1. The van der Waals surface area contributed by atoms with Crippen molar-refractivity contribution in [1.29, 1.82) is 0 Å². The fourth-order valence-electron chi connectivity index (χ4n) is 5.90. The van der Waals surface area contributed by atoms with Gasteiger partial charge in [-0.3, -0.25) is 9.36 Å². The summed E-state index contributed by atoms with van der Waals surface area (Å²) >= 11 is 0. The van der Waals surface area contributed by atoms with E-state index in [0.29, 0.717) is 90.5 Å². The van der Waals surface area contributed by atoms with Gasteiger partial charge in [-0.25, -0.2) is 4.39 Å². The molecule has 0 atom stereocenters. The molecule has 0 bridgehead atoms. The van der Waals surface area contributed by atoms with Crippen molar-refractivity contribution in [3.63, 3.8) is 0 Å². The van der Waals surface area contributed by atoms with E-state index in [9.17, 15) is 9.18 Å². The number of oxazole rings is 1. The molecule has 0 aliphatic carbocycles. The van der Waals surface area contributed by atoms with Gasteiger partial charge in [-0.05, 0) is 43.3 Å². The molecular weight excluding hydrogens is 607 g/mol. The second kappa shape index (κ2) is 17.6. The van der Waals surface area contributed by atoms with Crippen molar-refractivity contribution in [2.24, 2.45) is 0 Å². The predicted molar refractivity (Wildman–Crippen MR) is 179 cm³/mol. The Kier molecular flexibility index (Phi) is 13.0. The van der Waals surface area contributed by atoms with E-state index in [2.05, 4.69) is 15.9 Å². The summed E-state index contributed by atoms with van der Waals surface area (Å²) in [7, 11) is 0. The summed E-state index contributed by atoms with van der Waals surface area (Å²) in [5, 5.41) is 0.888. The van der Waals surface area contributed by atoms with Gasteiger partial charge in [0, 0.05) is 61.5 Å². The van der Waals surface area contributed by atoms with Gasteiger partial charge in [-0.1, -0.05) is 13.8 Å².